The van der Waals surface area contributed by atoms with E-state index in [1.807, 2.05) is 30.3 Å². The standard InChI is InChI=1S/C13H14O3/c14-12(8-9-4-2-1-3-5-9)10-6-7-11(10)13(15)16/h1-5,10-11H,6-8H2,(H,15,16)/t10-,11+/m1/s1. The summed E-state index contributed by atoms with van der Waals surface area (Å²) in [6, 6.07) is 9.46. The Labute approximate surface area is 94.1 Å². The van der Waals surface area contributed by atoms with Crippen molar-refractivity contribution in [3.63, 3.8) is 0 Å². The average molecular weight is 218 g/mol. The number of hydrogen-bond acceptors (Lipinski definition) is 2. The lowest BCUT2D eigenvalue weighted by Gasteiger charge is -2.31. The maximum atomic E-state index is 11.8. The molecule has 0 aliphatic heterocycles. The molecule has 0 radical (unpaired) electrons. The molecule has 16 heavy (non-hydrogen) atoms. The lowest BCUT2D eigenvalue weighted by molar-refractivity contribution is -0.151. The molecule has 1 fully saturated rings. The van der Waals surface area contributed by atoms with E-state index in [0.717, 1.165) is 12.0 Å². The van der Waals surface area contributed by atoms with Crippen molar-refractivity contribution in [2.24, 2.45) is 11.8 Å². The first-order valence-electron chi connectivity index (χ1n) is 5.48. The van der Waals surface area contributed by atoms with E-state index in [0.29, 0.717) is 12.8 Å². The minimum absolute atomic E-state index is 0.0600. The minimum Gasteiger partial charge on any atom is -0.481 e. The van der Waals surface area contributed by atoms with Crippen LogP contribution in [0.25, 0.3) is 0 Å². The summed E-state index contributed by atoms with van der Waals surface area (Å²) < 4.78 is 0. The van der Waals surface area contributed by atoms with Crippen LogP contribution in [0.5, 0.6) is 0 Å². The number of carboxylic acid groups (broad SMARTS) is 1. The van der Waals surface area contributed by atoms with Crippen molar-refractivity contribution < 1.29 is 14.7 Å². The summed E-state index contributed by atoms with van der Waals surface area (Å²) in [5.74, 6) is -1.49. The highest BCUT2D eigenvalue weighted by Gasteiger charge is 2.40. The minimum atomic E-state index is -0.835. The van der Waals surface area contributed by atoms with Gasteiger partial charge in [-0.2, -0.15) is 0 Å². The van der Waals surface area contributed by atoms with E-state index in [1.165, 1.54) is 0 Å². The van der Waals surface area contributed by atoms with Gasteiger partial charge in [-0.1, -0.05) is 30.3 Å². The zero-order chi connectivity index (χ0) is 11.5. The molecule has 0 spiro atoms. The second-order valence-corrected chi connectivity index (χ2v) is 4.26. The zero-order valence-electron chi connectivity index (χ0n) is 8.93. The molecular weight excluding hydrogens is 204 g/mol. The van der Waals surface area contributed by atoms with Crippen LogP contribution in [0.3, 0.4) is 0 Å². The van der Waals surface area contributed by atoms with Crippen LogP contribution in [0.15, 0.2) is 30.3 Å². The zero-order valence-corrected chi connectivity index (χ0v) is 8.93. The smallest absolute Gasteiger partial charge is 0.307 e. The highest BCUT2D eigenvalue weighted by Crippen LogP contribution is 2.35. The van der Waals surface area contributed by atoms with Crippen molar-refractivity contribution >= 4 is 11.8 Å². The highest BCUT2D eigenvalue weighted by atomic mass is 16.4. The van der Waals surface area contributed by atoms with Gasteiger partial charge in [-0.15, -0.1) is 0 Å². The Morgan fingerprint density at radius 2 is 1.75 bits per heavy atom. The predicted molar refractivity (Wildman–Crippen MR) is 59.0 cm³/mol. The van der Waals surface area contributed by atoms with E-state index >= 15 is 0 Å². The fraction of sp³-hybridized carbons (Fsp3) is 0.385. The second-order valence-electron chi connectivity index (χ2n) is 4.26. The Balaban J connectivity index is 1.97. The first-order valence-corrected chi connectivity index (χ1v) is 5.48. The quantitative estimate of drug-likeness (QED) is 0.839. The maximum Gasteiger partial charge on any atom is 0.307 e. The lowest BCUT2D eigenvalue weighted by Crippen LogP contribution is -2.38. The number of rotatable bonds is 4. The van der Waals surface area contributed by atoms with E-state index in [-0.39, 0.29) is 11.7 Å². The van der Waals surface area contributed by atoms with Crippen molar-refractivity contribution in [1.82, 2.24) is 0 Å². The molecule has 1 aromatic rings. The molecule has 0 heterocycles. The van der Waals surface area contributed by atoms with E-state index in [9.17, 15) is 9.59 Å². The van der Waals surface area contributed by atoms with Gasteiger partial charge in [0.05, 0.1) is 5.92 Å². The van der Waals surface area contributed by atoms with Crippen LogP contribution in [0.1, 0.15) is 18.4 Å². The van der Waals surface area contributed by atoms with Crippen molar-refractivity contribution in [1.29, 1.82) is 0 Å². The lowest BCUT2D eigenvalue weighted by atomic mass is 9.70. The Morgan fingerprint density at radius 3 is 2.25 bits per heavy atom. The predicted octanol–water partition coefficient (Wildman–Crippen LogP) is 1.91. The summed E-state index contributed by atoms with van der Waals surface area (Å²) in [7, 11) is 0. The first-order chi connectivity index (χ1) is 7.68. The number of carboxylic acids is 1. The Morgan fingerprint density at radius 1 is 1.12 bits per heavy atom. The van der Waals surface area contributed by atoms with E-state index in [1.54, 1.807) is 0 Å². The molecule has 0 saturated heterocycles. The Kier molecular flexibility index (Phi) is 3.04. The monoisotopic (exact) mass is 218 g/mol. The van der Waals surface area contributed by atoms with E-state index < -0.39 is 11.9 Å². The van der Waals surface area contributed by atoms with Crippen molar-refractivity contribution in [3.05, 3.63) is 35.9 Å². The van der Waals surface area contributed by atoms with Crippen LogP contribution in [-0.4, -0.2) is 16.9 Å². The number of Topliss-reactive ketones (excluding diaryl/α,β-unsaturated/α-hetero) is 1. The van der Waals surface area contributed by atoms with Crippen LogP contribution < -0.4 is 0 Å². The number of carbonyl (C=O) groups excluding carboxylic acids is 1. The third-order valence-electron chi connectivity index (χ3n) is 3.23. The molecule has 2 atom stereocenters. The van der Waals surface area contributed by atoms with Gasteiger partial charge in [-0.25, -0.2) is 0 Å². The van der Waals surface area contributed by atoms with E-state index in [4.69, 9.17) is 5.11 Å². The van der Waals surface area contributed by atoms with Gasteiger partial charge in [0.1, 0.15) is 5.78 Å². The number of aliphatic carboxylic acids is 1. The topological polar surface area (TPSA) is 54.4 Å². The molecule has 84 valence electrons. The molecule has 0 aromatic heterocycles. The molecule has 1 N–H and O–H groups in total. The molecular formula is C13H14O3. The number of carbonyl (C=O) groups is 2. The summed E-state index contributed by atoms with van der Waals surface area (Å²) in [6.07, 6.45) is 1.72. The first kappa shape index (κ1) is 10.9. The number of benzene rings is 1. The summed E-state index contributed by atoms with van der Waals surface area (Å²) >= 11 is 0. The van der Waals surface area contributed by atoms with Gasteiger partial charge < -0.3 is 5.11 Å². The molecule has 1 aliphatic carbocycles. The maximum absolute atomic E-state index is 11.8. The second kappa shape index (κ2) is 4.47. The van der Waals surface area contributed by atoms with Crippen LogP contribution in [-0.2, 0) is 16.0 Å². The van der Waals surface area contributed by atoms with E-state index in [2.05, 4.69) is 0 Å². The number of ketones is 1. The van der Waals surface area contributed by atoms with Gasteiger partial charge in [0.15, 0.2) is 0 Å². The summed E-state index contributed by atoms with van der Waals surface area (Å²) in [5, 5.41) is 8.87. The third-order valence-corrected chi connectivity index (χ3v) is 3.23. The molecule has 3 nitrogen and oxygen atoms in total. The number of hydrogen-bond donors (Lipinski definition) is 1. The fourth-order valence-corrected chi connectivity index (χ4v) is 2.11. The van der Waals surface area contributed by atoms with Crippen LogP contribution in [0, 0.1) is 11.8 Å². The highest BCUT2D eigenvalue weighted by molar-refractivity contribution is 5.89. The Hall–Kier alpha value is -1.64. The largest absolute Gasteiger partial charge is 0.481 e. The normalized spacial score (nSPS) is 23.5. The molecule has 0 amide bonds. The van der Waals surface area contributed by atoms with Crippen molar-refractivity contribution in [3.8, 4) is 0 Å². The summed E-state index contributed by atoms with van der Waals surface area (Å²) in [5.41, 5.74) is 0.962. The molecule has 1 saturated carbocycles. The Bertz CT molecular complexity index is 397. The SMILES string of the molecule is O=C(O)[C@H]1CC[C@H]1C(=O)Cc1ccccc1. The van der Waals surface area contributed by atoms with Crippen LogP contribution >= 0.6 is 0 Å². The van der Waals surface area contributed by atoms with Gasteiger partial charge in [-0.3, -0.25) is 9.59 Å². The molecule has 3 heteroatoms. The molecule has 0 unspecified atom stereocenters. The molecule has 1 aromatic carbocycles. The summed E-state index contributed by atoms with van der Waals surface area (Å²) in [6.45, 7) is 0. The van der Waals surface area contributed by atoms with Crippen molar-refractivity contribution in [2.45, 2.75) is 19.3 Å². The van der Waals surface area contributed by atoms with Gasteiger partial charge >= 0.3 is 5.97 Å². The molecule has 2 rings (SSSR count). The fourth-order valence-electron chi connectivity index (χ4n) is 2.11. The van der Waals surface area contributed by atoms with Crippen LogP contribution in [0.2, 0.25) is 0 Å². The molecule has 1 aliphatic rings. The van der Waals surface area contributed by atoms with Gasteiger partial charge in [0.2, 0.25) is 0 Å². The van der Waals surface area contributed by atoms with Crippen LogP contribution in [0.4, 0.5) is 0 Å². The van der Waals surface area contributed by atoms with Gasteiger partial charge in [0.25, 0.3) is 0 Å². The van der Waals surface area contributed by atoms with Gasteiger partial charge in [0, 0.05) is 12.3 Å². The van der Waals surface area contributed by atoms with Gasteiger partial charge in [-0.05, 0) is 18.4 Å². The third kappa shape index (κ3) is 2.13. The molecule has 0 bridgehead atoms. The summed E-state index contributed by atoms with van der Waals surface area (Å²) in [4.78, 5) is 22.6. The average Bonchev–Trinajstić information content (AvgIpc) is 2.16. The van der Waals surface area contributed by atoms with Crippen molar-refractivity contribution in [2.75, 3.05) is 0 Å².